The minimum atomic E-state index is -0.176. The molecule has 2 aromatic rings. The van der Waals surface area contributed by atoms with E-state index < -0.39 is 0 Å². The molecule has 0 radical (unpaired) electrons. The Morgan fingerprint density at radius 1 is 1.35 bits per heavy atom. The van der Waals surface area contributed by atoms with Crippen molar-refractivity contribution in [2.24, 2.45) is 0 Å². The second kappa shape index (κ2) is 7.33. The van der Waals surface area contributed by atoms with Gasteiger partial charge < -0.3 is 10.2 Å². The SMILES string of the molecule is O=C(NCCN1CCC(c2cccc(F)c2)C1)c1cccnc1. The number of nitrogens with zero attached hydrogens (tertiary/aromatic N) is 2. The van der Waals surface area contributed by atoms with Crippen LogP contribution >= 0.6 is 0 Å². The van der Waals surface area contributed by atoms with Gasteiger partial charge in [0.2, 0.25) is 0 Å². The van der Waals surface area contributed by atoms with Crippen molar-refractivity contribution < 1.29 is 9.18 Å². The lowest BCUT2D eigenvalue weighted by Gasteiger charge is -2.16. The van der Waals surface area contributed by atoms with Crippen LogP contribution in [-0.4, -0.2) is 42.0 Å². The van der Waals surface area contributed by atoms with Crippen molar-refractivity contribution in [3.8, 4) is 0 Å². The van der Waals surface area contributed by atoms with E-state index in [0.29, 0.717) is 18.0 Å². The number of amides is 1. The molecule has 1 atom stereocenters. The predicted molar refractivity (Wildman–Crippen MR) is 86.8 cm³/mol. The molecule has 1 aliphatic rings. The minimum absolute atomic E-state index is 0.0982. The first-order valence-electron chi connectivity index (χ1n) is 7.88. The topological polar surface area (TPSA) is 45.2 Å². The second-order valence-corrected chi connectivity index (χ2v) is 5.84. The first-order valence-corrected chi connectivity index (χ1v) is 7.88. The van der Waals surface area contributed by atoms with Crippen molar-refractivity contribution in [3.63, 3.8) is 0 Å². The number of likely N-dealkylation sites (tertiary alicyclic amines) is 1. The molecule has 1 fully saturated rings. The Morgan fingerprint density at radius 3 is 3.04 bits per heavy atom. The summed E-state index contributed by atoms with van der Waals surface area (Å²) in [7, 11) is 0. The van der Waals surface area contributed by atoms with E-state index >= 15 is 0 Å². The smallest absolute Gasteiger partial charge is 0.252 e. The number of nitrogens with one attached hydrogen (secondary N) is 1. The van der Waals surface area contributed by atoms with Crippen molar-refractivity contribution in [1.29, 1.82) is 0 Å². The van der Waals surface area contributed by atoms with Gasteiger partial charge in [0.25, 0.3) is 5.91 Å². The quantitative estimate of drug-likeness (QED) is 0.922. The van der Waals surface area contributed by atoms with Gasteiger partial charge in [-0.05, 0) is 48.7 Å². The molecule has 1 aromatic carbocycles. The fraction of sp³-hybridized carbons (Fsp3) is 0.333. The number of hydrogen-bond acceptors (Lipinski definition) is 3. The maximum Gasteiger partial charge on any atom is 0.252 e. The Hall–Kier alpha value is -2.27. The molecule has 0 bridgehead atoms. The van der Waals surface area contributed by atoms with Crippen molar-refractivity contribution in [2.75, 3.05) is 26.2 Å². The summed E-state index contributed by atoms with van der Waals surface area (Å²) in [5, 5.41) is 2.91. The van der Waals surface area contributed by atoms with Gasteiger partial charge >= 0.3 is 0 Å². The molecule has 2 heterocycles. The lowest BCUT2D eigenvalue weighted by Crippen LogP contribution is -2.33. The van der Waals surface area contributed by atoms with E-state index in [4.69, 9.17) is 0 Å². The summed E-state index contributed by atoms with van der Waals surface area (Å²) in [6.07, 6.45) is 4.23. The molecule has 1 aliphatic heterocycles. The molecular weight excluding hydrogens is 293 g/mol. The van der Waals surface area contributed by atoms with Gasteiger partial charge in [0.15, 0.2) is 0 Å². The standard InChI is InChI=1S/C18H20FN3O/c19-17-5-1-3-14(11-17)16-6-9-22(13-16)10-8-21-18(23)15-4-2-7-20-12-15/h1-5,7,11-12,16H,6,8-10,13H2,(H,21,23). The van der Waals surface area contributed by atoms with Crippen LogP contribution in [-0.2, 0) is 0 Å². The minimum Gasteiger partial charge on any atom is -0.351 e. The normalized spacial score (nSPS) is 18.0. The molecule has 1 saturated heterocycles. The zero-order chi connectivity index (χ0) is 16.1. The Kier molecular flexibility index (Phi) is 4.98. The number of carbonyl (C=O) groups is 1. The highest BCUT2D eigenvalue weighted by Gasteiger charge is 2.23. The number of pyridine rings is 1. The first-order chi connectivity index (χ1) is 11.2. The lowest BCUT2D eigenvalue weighted by molar-refractivity contribution is 0.0949. The average molecular weight is 313 g/mol. The lowest BCUT2D eigenvalue weighted by atomic mass is 9.98. The summed E-state index contributed by atoms with van der Waals surface area (Å²) >= 11 is 0. The summed E-state index contributed by atoms with van der Waals surface area (Å²) in [5.41, 5.74) is 1.64. The van der Waals surface area contributed by atoms with E-state index in [0.717, 1.165) is 31.6 Å². The largest absolute Gasteiger partial charge is 0.351 e. The third-order valence-electron chi connectivity index (χ3n) is 4.23. The highest BCUT2D eigenvalue weighted by molar-refractivity contribution is 5.93. The molecule has 1 aromatic heterocycles. The molecule has 3 rings (SSSR count). The van der Waals surface area contributed by atoms with Crippen LogP contribution in [0.1, 0.15) is 28.3 Å². The number of halogens is 1. The molecule has 5 heteroatoms. The highest BCUT2D eigenvalue weighted by Crippen LogP contribution is 2.27. The molecule has 120 valence electrons. The van der Waals surface area contributed by atoms with Gasteiger partial charge in [-0.15, -0.1) is 0 Å². The molecule has 1 unspecified atom stereocenters. The Labute approximate surface area is 135 Å². The summed E-state index contributed by atoms with van der Waals surface area (Å²) in [6.45, 7) is 3.29. The molecule has 0 saturated carbocycles. The van der Waals surface area contributed by atoms with Crippen LogP contribution in [0, 0.1) is 5.82 Å². The van der Waals surface area contributed by atoms with Gasteiger partial charge in [0.05, 0.1) is 5.56 Å². The molecule has 0 aliphatic carbocycles. The van der Waals surface area contributed by atoms with Crippen LogP contribution < -0.4 is 5.32 Å². The van der Waals surface area contributed by atoms with Crippen LogP contribution in [0.2, 0.25) is 0 Å². The highest BCUT2D eigenvalue weighted by atomic mass is 19.1. The fourth-order valence-corrected chi connectivity index (χ4v) is 3.00. The van der Waals surface area contributed by atoms with Crippen LogP contribution in [0.3, 0.4) is 0 Å². The maximum atomic E-state index is 13.3. The molecule has 23 heavy (non-hydrogen) atoms. The molecule has 0 spiro atoms. The number of aromatic nitrogens is 1. The summed E-state index contributed by atoms with van der Waals surface area (Å²) in [6, 6.07) is 10.3. The van der Waals surface area contributed by atoms with E-state index in [9.17, 15) is 9.18 Å². The summed E-state index contributed by atoms with van der Waals surface area (Å²) in [4.78, 5) is 18.2. The molecular formula is C18H20FN3O. The Bertz CT molecular complexity index is 662. The van der Waals surface area contributed by atoms with Gasteiger partial charge in [-0.3, -0.25) is 9.78 Å². The van der Waals surface area contributed by atoms with Crippen LogP contribution in [0.5, 0.6) is 0 Å². The Balaban J connectivity index is 1.45. The van der Waals surface area contributed by atoms with E-state index in [1.807, 2.05) is 6.07 Å². The van der Waals surface area contributed by atoms with E-state index in [1.54, 1.807) is 36.7 Å². The van der Waals surface area contributed by atoms with Crippen LogP contribution in [0.4, 0.5) is 4.39 Å². The van der Waals surface area contributed by atoms with E-state index in [-0.39, 0.29) is 11.7 Å². The average Bonchev–Trinajstić information content (AvgIpc) is 3.04. The summed E-state index contributed by atoms with van der Waals surface area (Å²) < 4.78 is 13.3. The monoisotopic (exact) mass is 313 g/mol. The number of benzene rings is 1. The van der Waals surface area contributed by atoms with Crippen molar-refractivity contribution in [1.82, 2.24) is 15.2 Å². The van der Waals surface area contributed by atoms with Gasteiger partial charge in [0.1, 0.15) is 5.82 Å². The number of hydrogen-bond donors (Lipinski definition) is 1. The molecule has 4 nitrogen and oxygen atoms in total. The van der Waals surface area contributed by atoms with Crippen LogP contribution in [0.15, 0.2) is 48.8 Å². The fourth-order valence-electron chi connectivity index (χ4n) is 3.00. The first kappa shape index (κ1) is 15.6. The van der Waals surface area contributed by atoms with Crippen molar-refractivity contribution in [3.05, 3.63) is 65.7 Å². The van der Waals surface area contributed by atoms with Gasteiger partial charge in [-0.2, -0.15) is 0 Å². The number of carbonyl (C=O) groups excluding carboxylic acids is 1. The third-order valence-corrected chi connectivity index (χ3v) is 4.23. The summed E-state index contributed by atoms with van der Waals surface area (Å²) in [5.74, 6) is 0.100. The van der Waals surface area contributed by atoms with Crippen molar-refractivity contribution in [2.45, 2.75) is 12.3 Å². The van der Waals surface area contributed by atoms with Gasteiger partial charge in [0, 0.05) is 32.0 Å². The Morgan fingerprint density at radius 2 is 2.26 bits per heavy atom. The maximum absolute atomic E-state index is 13.3. The van der Waals surface area contributed by atoms with Gasteiger partial charge in [-0.25, -0.2) is 4.39 Å². The second-order valence-electron chi connectivity index (χ2n) is 5.84. The van der Waals surface area contributed by atoms with E-state index in [2.05, 4.69) is 15.2 Å². The zero-order valence-electron chi connectivity index (χ0n) is 12.9. The molecule has 1 N–H and O–H groups in total. The number of rotatable bonds is 5. The van der Waals surface area contributed by atoms with Crippen molar-refractivity contribution >= 4 is 5.91 Å². The molecule has 1 amide bonds. The predicted octanol–water partition coefficient (Wildman–Crippen LogP) is 2.44. The third kappa shape index (κ3) is 4.13. The van der Waals surface area contributed by atoms with E-state index in [1.165, 1.54) is 6.07 Å². The zero-order valence-corrected chi connectivity index (χ0v) is 12.9. The van der Waals surface area contributed by atoms with Gasteiger partial charge in [-0.1, -0.05) is 12.1 Å². The van der Waals surface area contributed by atoms with Crippen LogP contribution in [0.25, 0.3) is 0 Å².